The predicted molar refractivity (Wildman–Crippen MR) is 71.3 cm³/mol. The van der Waals surface area contributed by atoms with E-state index >= 15 is 0 Å². The van der Waals surface area contributed by atoms with Crippen molar-refractivity contribution in [2.24, 2.45) is 0 Å². The van der Waals surface area contributed by atoms with E-state index in [9.17, 15) is 9.90 Å². The molecule has 0 spiro atoms. The molecule has 6 heteroatoms. The summed E-state index contributed by atoms with van der Waals surface area (Å²) in [5, 5.41) is 12.6. The van der Waals surface area contributed by atoms with Gasteiger partial charge in [0.1, 0.15) is 5.82 Å². The highest BCUT2D eigenvalue weighted by Gasteiger charge is 2.21. The van der Waals surface area contributed by atoms with Crippen molar-refractivity contribution >= 4 is 17.2 Å². The molecule has 0 bridgehead atoms. The van der Waals surface area contributed by atoms with Crippen LogP contribution in [0.4, 0.5) is 5.69 Å². The van der Waals surface area contributed by atoms with E-state index in [-0.39, 0.29) is 5.69 Å². The van der Waals surface area contributed by atoms with Crippen molar-refractivity contribution in [1.29, 1.82) is 0 Å². The molecule has 1 aliphatic heterocycles. The number of anilines is 1. The van der Waals surface area contributed by atoms with Crippen LogP contribution in [0.3, 0.4) is 0 Å². The fourth-order valence-corrected chi connectivity index (χ4v) is 2.62. The Morgan fingerprint density at radius 2 is 2.47 bits per heavy atom. The minimum absolute atomic E-state index is 0.0697. The van der Waals surface area contributed by atoms with E-state index in [1.54, 1.807) is 18.3 Å². The number of rotatable bonds is 3. The van der Waals surface area contributed by atoms with Crippen LogP contribution < -0.4 is 11.1 Å². The summed E-state index contributed by atoms with van der Waals surface area (Å²) in [6.07, 6.45) is 4.78. The summed E-state index contributed by atoms with van der Waals surface area (Å²) in [6, 6.07) is 3.79. The van der Waals surface area contributed by atoms with E-state index in [0.29, 0.717) is 17.2 Å². The SMILES string of the molecule is Nc1ccn2c(CC3CCCN3)nc(C(=O)O)c2c1. The first kappa shape index (κ1) is 12.0. The highest BCUT2D eigenvalue weighted by molar-refractivity contribution is 5.94. The molecule has 3 rings (SSSR count). The average Bonchev–Trinajstić information content (AvgIpc) is 2.97. The van der Waals surface area contributed by atoms with E-state index in [1.165, 1.54) is 0 Å². The van der Waals surface area contributed by atoms with Gasteiger partial charge in [0.05, 0.1) is 5.52 Å². The fraction of sp³-hybridized carbons (Fsp3) is 0.385. The van der Waals surface area contributed by atoms with Gasteiger partial charge < -0.3 is 20.6 Å². The highest BCUT2D eigenvalue weighted by Crippen LogP contribution is 2.19. The molecule has 100 valence electrons. The normalized spacial score (nSPS) is 19.1. The van der Waals surface area contributed by atoms with Crippen molar-refractivity contribution < 1.29 is 9.90 Å². The van der Waals surface area contributed by atoms with E-state index < -0.39 is 5.97 Å². The maximum Gasteiger partial charge on any atom is 0.356 e. The second-order valence-corrected chi connectivity index (χ2v) is 4.89. The highest BCUT2D eigenvalue weighted by atomic mass is 16.4. The quantitative estimate of drug-likeness (QED) is 0.762. The Morgan fingerprint density at radius 1 is 1.63 bits per heavy atom. The number of aromatic carboxylic acids is 1. The summed E-state index contributed by atoms with van der Waals surface area (Å²) in [7, 11) is 0. The number of carboxylic acids is 1. The summed E-state index contributed by atoms with van der Waals surface area (Å²) in [4.78, 5) is 15.5. The van der Waals surface area contributed by atoms with Gasteiger partial charge in [-0.15, -0.1) is 0 Å². The topological polar surface area (TPSA) is 92.7 Å². The molecule has 1 fully saturated rings. The van der Waals surface area contributed by atoms with Gasteiger partial charge >= 0.3 is 5.97 Å². The minimum Gasteiger partial charge on any atom is -0.476 e. The molecule has 4 N–H and O–H groups in total. The molecule has 6 nitrogen and oxygen atoms in total. The predicted octanol–water partition coefficient (Wildman–Crippen LogP) is 0.909. The van der Waals surface area contributed by atoms with Gasteiger partial charge in [-0.05, 0) is 31.5 Å². The maximum absolute atomic E-state index is 11.2. The molecule has 19 heavy (non-hydrogen) atoms. The van der Waals surface area contributed by atoms with Gasteiger partial charge in [0.25, 0.3) is 0 Å². The van der Waals surface area contributed by atoms with Crippen LogP contribution in [-0.4, -0.2) is 33.0 Å². The lowest BCUT2D eigenvalue weighted by molar-refractivity contribution is 0.0693. The molecule has 0 saturated carbocycles. The fourth-order valence-electron chi connectivity index (χ4n) is 2.62. The van der Waals surface area contributed by atoms with Crippen molar-refractivity contribution in [1.82, 2.24) is 14.7 Å². The van der Waals surface area contributed by atoms with Crippen LogP contribution in [0.5, 0.6) is 0 Å². The lowest BCUT2D eigenvalue weighted by atomic mass is 10.1. The van der Waals surface area contributed by atoms with Crippen molar-refractivity contribution in [2.45, 2.75) is 25.3 Å². The van der Waals surface area contributed by atoms with Crippen LogP contribution in [0.25, 0.3) is 5.52 Å². The van der Waals surface area contributed by atoms with Gasteiger partial charge in [0, 0.05) is 24.3 Å². The number of nitrogens with zero attached hydrogens (tertiary/aromatic N) is 2. The Bertz CT molecular complexity index is 629. The summed E-state index contributed by atoms with van der Waals surface area (Å²) in [5.74, 6) is -0.250. The summed E-state index contributed by atoms with van der Waals surface area (Å²) >= 11 is 0. The number of aromatic nitrogens is 2. The number of hydrogen-bond acceptors (Lipinski definition) is 4. The second kappa shape index (κ2) is 4.55. The Kier molecular flexibility index (Phi) is 2.87. The van der Waals surface area contributed by atoms with Crippen LogP contribution in [0, 0.1) is 0 Å². The van der Waals surface area contributed by atoms with E-state index in [2.05, 4.69) is 10.3 Å². The zero-order chi connectivity index (χ0) is 13.4. The molecule has 0 aromatic carbocycles. The number of imidazole rings is 1. The zero-order valence-electron chi connectivity index (χ0n) is 10.5. The van der Waals surface area contributed by atoms with Gasteiger partial charge in [-0.1, -0.05) is 0 Å². The summed E-state index contributed by atoms with van der Waals surface area (Å²) in [6.45, 7) is 1.02. The average molecular weight is 260 g/mol. The van der Waals surface area contributed by atoms with Gasteiger partial charge in [-0.3, -0.25) is 0 Å². The number of hydrogen-bond donors (Lipinski definition) is 3. The van der Waals surface area contributed by atoms with Crippen LogP contribution in [0.2, 0.25) is 0 Å². The Morgan fingerprint density at radius 3 is 3.16 bits per heavy atom. The summed E-state index contributed by atoms with van der Waals surface area (Å²) < 4.78 is 1.82. The standard InChI is InChI=1S/C13H16N4O2/c14-8-3-5-17-10(6-8)12(13(18)19)16-11(17)7-9-2-1-4-15-9/h3,5-6,9,15H,1-2,4,7,14H2,(H,18,19). The first-order chi connectivity index (χ1) is 9.15. The number of nitrogens with one attached hydrogen (secondary N) is 1. The van der Waals surface area contributed by atoms with Crippen LogP contribution in [0.15, 0.2) is 18.3 Å². The van der Waals surface area contributed by atoms with Gasteiger partial charge in [0.2, 0.25) is 0 Å². The van der Waals surface area contributed by atoms with E-state index in [0.717, 1.165) is 31.6 Å². The molecule has 1 saturated heterocycles. The second-order valence-electron chi connectivity index (χ2n) is 4.89. The molecule has 0 radical (unpaired) electrons. The molecule has 1 unspecified atom stereocenters. The maximum atomic E-state index is 11.2. The van der Waals surface area contributed by atoms with E-state index in [4.69, 9.17) is 5.73 Å². The molecular formula is C13H16N4O2. The Hall–Kier alpha value is -2.08. The van der Waals surface area contributed by atoms with E-state index in [1.807, 2.05) is 4.40 Å². The van der Waals surface area contributed by atoms with Crippen LogP contribution in [0.1, 0.15) is 29.2 Å². The number of pyridine rings is 1. The molecule has 3 heterocycles. The smallest absolute Gasteiger partial charge is 0.356 e. The molecule has 1 aliphatic rings. The van der Waals surface area contributed by atoms with Crippen molar-refractivity contribution in [3.63, 3.8) is 0 Å². The molecule has 0 amide bonds. The third kappa shape index (κ3) is 2.15. The molecule has 2 aromatic heterocycles. The molecule has 1 atom stereocenters. The van der Waals surface area contributed by atoms with Crippen molar-refractivity contribution in [2.75, 3.05) is 12.3 Å². The largest absolute Gasteiger partial charge is 0.476 e. The summed E-state index contributed by atoms with van der Waals surface area (Å²) in [5.41, 5.74) is 6.89. The number of carbonyl (C=O) groups is 1. The number of nitrogens with two attached hydrogens (primary N) is 1. The lowest BCUT2D eigenvalue weighted by Gasteiger charge is -2.08. The number of carboxylic acid groups (broad SMARTS) is 1. The number of fused-ring (bicyclic) bond motifs is 1. The van der Waals surface area contributed by atoms with Gasteiger partial charge in [-0.2, -0.15) is 0 Å². The third-order valence-corrected chi connectivity index (χ3v) is 3.53. The zero-order valence-corrected chi connectivity index (χ0v) is 10.5. The minimum atomic E-state index is -1.02. The molecular weight excluding hydrogens is 244 g/mol. The van der Waals surface area contributed by atoms with Crippen LogP contribution >= 0.6 is 0 Å². The lowest BCUT2D eigenvalue weighted by Crippen LogP contribution is -2.24. The number of nitrogen functional groups attached to an aromatic ring is 1. The van der Waals surface area contributed by atoms with Crippen molar-refractivity contribution in [3.05, 3.63) is 29.8 Å². The van der Waals surface area contributed by atoms with Crippen LogP contribution in [-0.2, 0) is 6.42 Å². The van der Waals surface area contributed by atoms with Gasteiger partial charge in [-0.25, -0.2) is 9.78 Å². The Labute approximate surface area is 110 Å². The van der Waals surface area contributed by atoms with Crippen molar-refractivity contribution in [3.8, 4) is 0 Å². The Balaban J connectivity index is 2.06. The van der Waals surface area contributed by atoms with Gasteiger partial charge in [0.15, 0.2) is 5.69 Å². The first-order valence-electron chi connectivity index (χ1n) is 6.38. The molecule has 2 aromatic rings. The third-order valence-electron chi connectivity index (χ3n) is 3.53. The monoisotopic (exact) mass is 260 g/mol. The first-order valence-corrected chi connectivity index (χ1v) is 6.38. The molecule has 0 aliphatic carbocycles.